The molecule has 0 aromatic heterocycles. The summed E-state index contributed by atoms with van der Waals surface area (Å²) < 4.78 is 37.7. The van der Waals surface area contributed by atoms with E-state index < -0.39 is 20.8 Å². The number of rotatable bonds is 5. The molecule has 1 aromatic rings. The Morgan fingerprint density at radius 1 is 1.44 bits per heavy atom. The minimum Gasteiger partial charge on any atom is -0.399 e. The fourth-order valence-electron chi connectivity index (χ4n) is 1.40. The average molecular weight is 290 g/mol. The monoisotopic (exact) mass is 290 g/mol. The molecule has 102 valence electrons. The minimum absolute atomic E-state index is 0.148. The molecule has 0 saturated carbocycles. The third kappa shape index (κ3) is 3.79. The Hall–Kier alpha value is -0.920. The molecule has 2 unspecified atom stereocenters. The first-order valence-corrected chi connectivity index (χ1v) is 8.52. The second-order valence-corrected chi connectivity index (χ2v) is 7.72. The van der Waals surface area contributed by atoms with E-state index in [1.54, 1.807) is 32.2 Å². The molecule has 5 nitrogen and oxygen atoms in total. The van der Waals surface area contributed by atoms with Gasteiger partial charge in [-0.25, -0.2) is 13.1 Å². The van der Waals surface area contributed by atoms with Crippen molar-refractivity contribution in [3.8, 4) is 0 Å². The van der Waals surface area contributed by atoms with E-state index in [0.29, 0.717) is 11.3 Å². The summed E-state index contributed by atoms with van der Waals surface area (Å²) in [4.78, 5) is 0.200. The van der Waals surface area contributed by atoms with Gasteiger partial charge in [0, 0.05) is 34.5 Å². The quantitative estimate of drug-likeness (QED) is 0.778. The average Bonchev–Trinajstić information content (AvgIpc) is 2.25. The summed E-state index contributed by atoms with van der Waals surface area (Å²) >= 11 is 0. The maximum absolute atomic E-state index is 12.0. The van der Waals surface area contributed by atoms with Crippen molar-refractivity contribution in [2.75, 3.05) is 18.5 Å². The smallest absolute Gasteiger partial charge is 0.240 e. The van der Waals surface area contributed by atoms with Crippen LogP contribution in [0.25, 0.3) is 0 Å². The van der Waals surface area contributed by atoms with Crippen LogP contribution in [0.5, 0.6) is 0 Å². The zero-order chi connectivity index (χ0) is 13.9. The molecule has 3 N–H and O–H groups in total. The number of hydrogen-bond acceptors (Lipinski definition) is 4. The van der Waals surface area contributed by atoms with Gasteiger partial charge >= 0.3 is 0 Å². The first kappa shape index (κ1) is 15.1. The molecule has 1 rings (SSSR count). The van der Waals surface area contributed by atoms with Gasteiger partial charge in [-0.2, -0.15) is 0 Å². The van der Waals surface area contributed by atoms with Gasteiger partial charge in [0.05, 0.1) is 4.90 Å². The summed E-state index contributed by atoms with van der Waals surface area (Å²) in [5.41, 5.74) is 6.69. The molecule has 18 heavy (non-hydrogen) atoms. The summed E-state index contributed by atoms with van der Waals surface area (Å²) in [5, 5.41) is -0.228. The molecule has 0 radical (unpaired) electrons. The fraction of sp³-hybridized carbons (Fsp3) is 0.455. The lowest BCUT2D eigenvalue weighted by Gasteiger charge is -2.12. The van der Waals surface area contributed by atoms with Crippen LogP contribution in [0.15, 0.2) is 23.1 Å². The van der Waals surface area contributed by atoms with E-state index in [1.807, 2.05) is 0 Å². The van der Waals surface area contributed by atoms with E-state index in [9.17, 15) is 12.6 Å². The van der Waals surface area contributed by atoms with Crippen molar-refractivity contribution < 1.29 is 12.6 Å². The lowest BCUT2D eigenvalue weighted by molar-refractivity contribution is 0.580. The van der Waals surface area contributed by atoms with Crippen molar-refractivity contribution in [2.24, 2.45) is 0 Å². The molecule has 0 aliphatic rings. The van der Waals surface area contributed by atoms with Crippen LogP contribution in [0.2, 0.25) is 0 Å². The highest BCUT2D eigenvalue weighted by atomic mass is 32.2. The Bertz CT molecular complexity index is 555. The van der Waals surface area contributed by atoms with Crippen molar-refractivity contribution in [1.82, 2.24) is 4.72 Å². The van der Waals surface area contributed by atoms with Gasteiger partial charge < -0.3 is 5.73 Å². The lowest BCUT2D eigenvalue weighted by atomic mass is 10.2. The zero-order valence-electron chi connectivity index (χ0n) is 10.6. The van der Waals surface area contributed by atoms with Gasteiger partial charge in [-0.05, 0) is 37.6 Å². The Balaban J connectivity index is 2.90. The van der Waals surface area contributed by atoms with Crippen molar-refractivity contribution in [1.29, 1.82) is 0 Å². The lowest BCUT2D eigenvalue weighted by Crippen LogP contribution is -2.33. The predicted molar refractivity (Wildman–Crippen MR) is 74.3 cm³/mol. The summed E-state index contributed by atoms with van der Waals surface area (Å²) in [5.74, 6) is 0. The summed E-state index contributed by atoms with van der Waals surface area (Å²) in [6.45, 7) is 3.57. The normalized spacial score (nSPS) is 15.3. The predicted octanol–water partition coefficient (Wildman–Crippen LogP) is 0.623. The van der Waals surface area contributed by atoms with Crippen LogP contribution in [0.3, 0.4) is 0 Å². The van der Waals surface area contributed by atoms with Crippen molar-refractivity contribution in [3.63, 3.8) is 0 Å². The van der Waals surface area contributed by atoms with Crippen LogP contribution in [0.1, 0.15) is 12.5 Å². The van der Waals surface area contributed by atoms with E-state index in [0.717, 1.165) is 0 Å². The number of nitrogen functional groups attached to an aromatic ring is 1. The highest BCUT2D eigenvalue weighted by Gasteiger charge is 2.18. The van der Waals surface area contributed by atoms with Crippen LogP contribution < -0.4 is 10.5 Å². The molecule has 0 amide bonds. The molecule has 0 spiro atoms. The fourth-order valence-corrected chi connectivity index (χ4v) is 3.17. The second kappa shape index (κ2) is 5.81. The van der Waals surface area contributed by atoms with Crippen LogP contribution >= 0.6 is 0 Å². The van der Waals surface area contributed by atoms with Gasteiger partial charge in [-0.1, -0.05) is 0 Å². The topological polar surface area (TPSA) is 89.3 Å². The van der Waals surface area contributed by atoms with E-state index in [2.05, 4.69) is 4.72 Å². The SMILES string of the molecule is Cc1cc(N)ccc1S(=O)(=O)NCC(C)S(C)=O. The molecule has 0 aliphatic carbocycles. The van der Waals surface area contributed by atoms with Gasteiger partial charge in [0.25, 0.3) is 0 Å². The Morgan fingerprint density at radius 2 is 2.06 bits per heavy atom. The van der Waals surface area contributed by atoms with Gasteiger partial charge in [0.2, 0.25) is 10.0 Å². The summed E-state index contributed by atoms with van der Waals surface area (Å²) in [6, 6.07) is 4.62. The van der Waals surface area contributed by atoms with Crippen LogP contribution in [-0.4, -0.2) is 30.7 Å². The number of nitrogens with one attached hydrogen (secondary N) is 1. The molecular formula is C11H18N2O3S2. The molecule has 0 fully saturated rings. The molecule has 0 heterocycles. The first-order chi connectivity index (χ1) is 8.24. The number of aryl methyl sites for hydroxylation is 1. The van der Waals surface area contributed by atoms with Crippen LogP contribution in [0, 0.1) is 6.92 Å². The molecule has 0 saturated heterocycles. The molecular weight excluding hydrogens is 272 g/mol. The number of nitrogens with two attached hydrogens (primary N) is 1. The first-order valence-electron chi connectivity index (χ1n) is 5.42. The van der Waals surface area contributed by atoms with Crippen molar-refractivity contribution in [3.05, 3.63) is 23.8 Å². The summed E-state index contributed by atoms with van der Waals surface area (Å²) in [7, 11) is -4.63. The van der Waals surface area contributed by atoms with Gasteiger partial charge in [0.15, 0.2) is 0 Å². The van der Waals surface area contributed by atoms with Crippen LogP contribution in [0.4, 0.5) is 5.69 Å². The number of anilines is 1. The van der Waals surface area contributed by atoms with Crippen molar-refractivity contribution >= 4 is 26.5 Å². The third-order valence-electron chi connectivity index (χ3n) is 2.62. The molecule has 1 aromatic carbocycles. The molecule has 2 atom stereocenters. The van der Waals surface area contributed by atoms with Gasteiger partial charge in [0.1, 0.15) is 0 Å². The van der Waals surface area contributed by atoms with E-state index >= 15 is 0 Å². The van der Waals surface area contributed by atoms with Gasteiger partial charge in [-0.15, -0.1) is 0 Å². The number of sulfonamides is 1. The van der Waals surface area contributed by atoms with Crippen LogP contribution in [-0.2, 0) is 20.8 Å². The highest BCUT2D eigenvalue weighted by molar-refractivity contribution is 7.89. The largest absolute Gasteiger partial charge is 0.399 e. The zero-order valence-corrected chi connectivity index (χ0v) is 12.3. The Labute approximate surface area is 110 Å². The maximum atomic E-state index is 12.0. The van der Waals surface area contributed by atoms with Crippen molar-refractivity contribution in [2.45, 2.75) is 24.0 Å². The van der Waals surface area contributed by atoms with E-state index in [1.165, 1.54) is 6.07 Å². The van der Waals surface area contributed by atoms with Gasteiger partial charge in [-0.3, -0.25) is 4.21 Å². The molecule has 0 bridgehead atoms. The highest BCUT2D eigenvalue weighted by Crippen LogP contribution is 2.17. The Morgan fingerprint density at radius 3 is 2.56 bits per heavy atom. The standard InChI is InChI=1S/C11H18N2O3S2/c1-8-6-10(12)4-5-11(8)18(15,16)13-7-9(2)17(3)14/h4-6,9,13H,7,12H2,1-3H3. The minimum atomic E-state index is -3.58. The molecule has 7 heteroatoms. The number of hydrogen-bond donors (Lipinski definition) is 2. The summed E-state index contributed by atoms with van der Waals surface area (Å²) in [6.07, 6.45) is 1.55. The number of benzene rings is 1. The third-order valence-corrected chi connectivity index (χ3v) is 5.50. The molecule has 0 aliphatic heterocycles. The van der Waals surface area contributed by atoms with E-state index in [4.69, 9.17) is 5.73 Å². The second-order valence-electron chi connectivity index (χ2n) is 4.19. The van der Waals surface area contributed by atoms with E-state index in [-0.39, 0.29) is 16.7 Å². The Kier molecular flexibility index (Phi) is 4.89. The maximum Gasteiger partial charge on any atom is 0.240 e.